The van der Waals surface area contributed by atoms with Gasteiger partial charge in [-0.05, 0) is 13.3 Å². The van der Waals surface area contributed by atoms with Gasteiger partial charge in [-0.2, -0.15) is 0 Å². The molecule has 6 nitrogen and oxygen atoms in total. The van der Waals surface area contributed by atoms with Crippen molar-refractivity contribution in [2.45, 2.75) is 26.7 Å². The van der Waals surface area contributed by atoms with E-state index in [1.165, 1.54) is 0 Å². The summed E-state index contributed by atoms with van der Waals surface area (Å²) in [5.74, 6) is 2.93. The predicted molar refractivity (Wildman–Crippen MR) is 81.2 cm³/mol. The fraction of sp³-hybridized carbons (Fsp3) is 0.692. The van der Waals surface area contributed by atoms with Crippen LogP contribution in [-0.4, -0.2) is 50.0 Å². The van der Waals surface area contributed by atoms with Crippen molar-refractivity contribution >= 4 is 21.5 Å². The third kappa shape index (κ3) is 3.20. The molecular formula is C13H22N4O2S. The van der Waals surface area contributed by atoms with Crippen LogP contribution in [0.3, 0.4) is 0 Å². The van der Waals surface area contributed by atoms with Crippen molar-refractivity contribution in [1.29, 1.82) is 0 Å². The van der Waals surface area contributed by atoms with Gasteiger partial charge in [-0.3, -0.25) is 0 Å². The van der Waals surface area contributed by atoms with Crippen LogP contribution in [0.5, 0.6) is 0 Å². The van der Waals surface area contributed by atoms with Crippen molar-refractivity contribution in [2.75, 3.05) is 41.9 Å². The highest BCUT2D eigenvalue weighted by Crippen LogP contribution is 2.24. The topological polar surface area (TPSA) is 75.2 Å². The van der Waals surface area contributed by atoms with E-state index in [1.807, 2.05) is 20.9 Å². The average Bonchev–Trinajstić information content (AvgIpc) is 2.60. The molecule has 0 amide bonds. The van der Waals surface area contributed by atoms with Crippen molar-refractivity contribution in [1.82, 2.24) is 9.97 Å². The van der Waals surface area contributed by atoms with Crippen molar-refractivity contribution in [3.63, 3.8) is 0 Å². The first-order chi connectivity index (χ1) is 9.46. The first-order valence-electron chi connectivity index (χ1n) is 6.97. The third-order valence-electron chi connectivity index (χ3n) is 3.57. The fourth-order valence-corrected chi connectivity index (χ4v) is 3.68. The molecule has 20 heavy (non-hydrogen) atoms. The van der Waals surface area contributed by atoms with Crippen LogP contribution in [0.15, 0.2) is 0 Å². The van der Waals surface area contributed by atoms with Crippen LogP contribution in [0.2, 0.25) is 0 Å². The molecule has 0 spiro atoms. The second-order valence-electron chi connectivity index (χ2n) is 5.03. The van der Waals surface area contributed by atoms with Gasteiger partial charge in [0, 0.05) is 32.1 Å². The number of sulfone groups is 1. The molecular weight excluding hydrogens is 276 g/mol. The Bertz CT molecular complexity index is 586. The molecule has 0 aliphatic carbocycles. The lowest BCUT2D eigenvalue weighted by atomic mass is 10.2. The lowest BCUT2D eigenvalue weighted by Crippen LogP contribution is -2.29. The molecule has 112 valence electrons. The minimum atomic E-state index is -2.91. The summed E-state index contributed by atoms with van der Waals surface area (Å²) in [6.07, 6.45) is 1.41. The maximum Gasteiger partial charge on any atom is 0.152 e. The Labute approximate surface area is 120 Å². The number of aryl methyl sites for hydroxylation is 1. The molecule has 0 aromatic carbocycles. The number of nitrogens with one attached hydrogen (secondary N) is 1. The Balaban J connectivity index is 2.36. The average molecular weight is 298 g/mol. The Kier molecular flexibility index (Phi) is 4.47. The highest BCUT2D eigenvalue weighted by molar-refractivity contribution is 7.91. The highest BCUT2D eigenvalue weighted by Gasteiger charge is 2.22. The summed E-state index contributed by atoms with van der Waals surface area (Å²) in [6, 6.07) is 0. The number of rotatable bonds is 3. The summed E-state index contributed by atoms with van der Waals surface area (Å²) in [6.45, 7) is 5.22. The number of aromatic nitrogens is 2. The molecule has 1 fully saturated rings. The van der Waals surface area contributed by atoms with Gasteiger partial charge in [-0.1, -0.05) is 6.92 Å². The van der Waals surface area contributed by atoms with E-state index in [9.17, 15) is 8.42 Å². The summed E-state index contributed by atoms with van der Waals surface area (Å²) >= 11 is 0. The highest BCUT2D eigenvalue weighted by atomic mass is 32.2. The molecule has 1 N–H and O–H groups in total. The molecule has 2 heterocycles. The van der Waals surface area contributed by atoms with Gasteiger partial charge in [0.25, 0.3) is 0 Å². The molecule has 0 saturated carbocycles. The number of hydrogen-bond acceptors (Lipinski definition) is 6. The lowest BCUT2D eigenvalue weighted by Gasteiger charge is -2.24. The molecule has 1 aliphatic rings. The van der Waals surface area contributed by atoms with E-state index in [-0.39, 0.29) is 11.5 Å². The van der Waals surface area contributed by atoms with E-state index in [0.29, 0.717) is 13.0 Å². The normalized spacial score (nSPS) is 18.6. The van der Waals surface area contributed by atoms with Gasteiger partial charge < -0.3 is 10.2 Å². The molecule has 1 saturated heterocycles. The summed E-state index contributed by atoms with van der Waals surface area (Å²) < 4.78 is 23.4. The van der Waals surface area contributed by atoms with E-state index in [2.05, 4.69) is 20.2 Å². The zero-order valence-electron chi connectivity index (χ0n) is 12.3. The predicted octanol–water partition coefficient (Wildman–Crippen LogP) is 1.01. The van der Waals surface area contributed by atoms with Gasteiger partial charge in [-0.25, -0.2) is 18.4 Å². The van der Waals surface area contributed by atoms with Crippen molar-refractivity contribution in [2.24, 2.45) is 0 Å². The van der Waals surface area contributed by atoms with Gasteiger partial charge in [0.1, 0.15) is 17.5 Å². The summed E-state index contributed by atoms with van der Waals surface area (Å²) in [7, 11) is -1.07. The molecule has 0 atom stereocenters. The largest absolute Gasteiger partial charge is 0.373 e. The maximum atomic E-state index is 11.7. The zero-order chi connectivity index (χ0) is 14.8. The number of hydrogen-bond donors (Lipinski definition) is 1. The molecule has 2 rings (SSSR count). The third-order valence-corrected chi connectivity index (χ3v) is 5.29. The molecule has 1 aromatic heterocycles. The minimum Gasteiger partial charge on any atom is -0.373 e. The van der Waals surface area contributed by atoms with Crippen LogP contribution in [0.4, 0.5) is 11.6 Å². The van der Waals surface area contributed by atoms with Crippen molar-refractivity contribution in [3.05, 3.63) is 11.4 Å². The van der Waals surface area contributed by atoms with Crippen LogP contribution in [0.1, 0.15) is 24.7 Å². The van der Waals surface area contributed by atoms with Gasteiger partial charge in [-0.15, -0.1) is 0 Å². The Morgan fingerprint density at radius 2 is 2.00 bits per heavy atom. The van der Waals surface area contributed by atoms with E-state index < -0.39 is 9.84 Å². The Morgan fingerprint density at radius 3 is 2.65 bits per heavy atom. The van der Waals surface area contributed by atoms with Gasteiger partial charge in [0.05, 0.1) is 11.5 Å². The molecule has 0 unspecified atom stereocenters. The SMILES string of the molecule is CCc1nc(NC)c(C)c(N2CCCS(=O)(=O)CC2)n1. The maximum absolute atomic E-state index is 11.7. The smallest absolute Gasteiger partial charge is 0.152 e. The van der Waals surface area contributed by atoms with E-state index in [1.54, 1.807) is 0 Å². The Morgan fingerprint density at radius 1 is 1.25 bits per heavy atom. The summed E-state index contributed by atoms with van der Waals surface area (Å²) in [4.78, 5) is 11.1. The van der Waals surface area contributed by atoms with Gasteiger partial charge >= 0.3 is 0 Å². The zero-order valence-corrected chi connectivity index (χ0v) is 13.1. The van der Waals surface area contributed by atoms with Crippen LogP contribution in [-0.2, 0) is 16.3 Å². The quantitative estimate of drug-likeness (QED) is 0.898. The number of anilines is 2. The van der Waals surface area contributed by atoms with Crippen molar-refractivity contribution in [3.8, 4) is 0 Å². The first-order valence-corrected chi connectivity index (χ1v) is 8.79. The van der Waals surface area contributed by atoms with Crippen molar-refractivity contribution < 1.29 is 8.42 Å². The lowest BCUT2D eigenvalue weighted by molar-refractivity contribution is 0.597. The van der Waals surface area contributed by atoms with Crippen LogP contribution >= 0.6 is 0 Å². The fourth-order valence-electron chi connectivity index (χ4n) is 2.41. The minimum absolute atomic E-state index is 0.201. The molecule has 0 bridgehead atoms. The second-order valence-corrected chi connectivity index (χ2v) is 7.34. The molecule has 1 aliphatic heterocycles. The monoisotopic (exact) mass is 298 g/mol. The number of nitrogens with zero attached hydrogens (tertiary/aromatic N) is 3. The second kappa shape index (κ2) is 5.95. The molecule has 0 radical (unpaired) electrons. The van der Waals surface area contributed by atoms with Crippen LogP contribution in [0.25, 0.3) is 0 Å². The van der Waals surface area contributed by atoms with Crippen LogP contribution in [0, 0.1) is 6.92 Å². The standard InChI is InChI=1S/C13H22N4O2S/c1-4-11-15-12(14-3)10(2)13(16-11)17-6-5-8-20(18,19)9-7-17/h4-9H2,1-3H3,(H,14,15,16). The van der Waals surface area contributed by atoms with E-state index in [0.717, 1.165) is 36.0 Å². The van der Waals surface area contributed by atoms with E-state index >= 15 is 0 Å². The summed E-state index contributed by atoms with van der Waals surface area (Å²) in [5.41, 5.74) is 0.976. The Hall–Kier alpha value is -1.37. The molecule has 1 aromatic rings. The molecule has 7 heteroatoms. The van der Waals surface area contributed by atoms with Gasteiger partial charge in [0.2, 0.25) is 0 Å². The van der Waals surface area contributed by atoms with Gasteiger partial charge in [0.15, 0.2) is 9.84 Å². The summed E-state index contributed by atoms with van der Waals surface area (Å²) in [5, 5.41) is 3.09. The van der Waals surface area contributed by atoms with Crippen LogP contribution < -0.4 is 10.2 Å². The first kappa shape index (κ1) is 15.0. The van der Waals surface area contributed by atoms with E-state index in [4.69, 9.17) is 0 Å².